The minimum atomic E-state index is -1.42. The van der Waals surface area contributed by atoms with Crippen LogP contribution in [-0.4, -0.2) is 117 Å². The summed E-state index contributed by atoms with van der Waals surface area (Å²) in [4.78, 5) is 22.8. The molecule has 2 aliphatic heterocycles. The fourth-order valence-corrected chi connectivity index (χ4v) is 6.06. The lowest BCUT2D eigenvalue weighted by Crippen LogP contribution is -2.65. The number of nitrogens with zero attached hydrogens (tertiary/aromatic N) is 3. The van der Waals surface area contributed by atoms with Gasteiger partial charge >= 0.3 is 0 Å². The van der Waals surface area contributed by atoms with Crippen LogP contribution in [0.4, 0.5) is 5.69 Å². The topological polar surface area (TPSA) is 211 Å². The number of halogens is 1. The molecule has 13 nitrogen and oxygen atoms in total. The predicted octanol–water partition coefficient (Wildman–Crippen LogP) is 0.933. The smallest absolute Gasteiger partial charge is 0.237 e. The summed E-state index contributed by atoms with van der Waals surface area (Å²) in [5.41, 5.74) is 11.3. The van der Waals surface area contributed by atoms with Crippen molar-refractivity contribution in [2.75, 3.05) is 25.2 Å². The highest BCUT2D eigenvalue weighted by Gasteiger charge is 2.48. The number of amides is 1. The van der Waals surface area contributed by atoms with Crippen molar-refractivity contribution in [3.63, 3.8) is 0 Å². The lowest BCUT2D eigenvalue weighted by molar-refractivity contribution is -0.211. The normalized spacial score (nSPS) is 29.5. The van der Waals surface area contributed by atoms with Crippen LogP contribution >= 0.6 is 23.4 Å². The Morgan fingerprint density at radius 3 is 2.34 bits per heavy atom. The number of nitrogens with two attached hydrogens (primary N) is 2. The molecule has 0 aliphatic carbocycles. The van der Waals surface area contributed by atoms with Crippen molar-refractivity contribution in [2.45, 2.75) is 101 Å². The van der Waals surface area contributed by atoms with E-state index in [1.807, 2.05) is 25.8 Å². The number of carbonyl (C=O) groups excluding carboxylic acids is 1. The number of aliphatic hydroxyl groups excluding tert-OH is 4. The molecule has 1 aromatic rings. The highest BCUT2D eigenvalue weighted by molar-refractivity contribution is 7.99. The average Bonchev–Trinajstić information content (AvgIpc) is 3.32. The number of benzene rings is 1. The van der Waals surface area contributed by atoms with Crippen molar-refractivity contribution >= 4 is 46.9 Å². The first-order chi connectivity index (χ1) is 20.7. The number of rotatable bonds is 9. The Hall–Kier alpha value is -2.17. The van der Waals surface area contributed by atoms with E-state index in [1.54, 1.807) is 30.5 Å². The Kier molecular flexibility index (Phi) is 15.6. The summed E-state index contributed by atoms with van der Waals surface area (Å²) >= 11 is 6.96. The molecule has 2 saturated heterocycles. The quantitative estimate of drug-likeness (QED) is 0.138. The Labute approximate surface area is 269 Å². The van der Waals surface area contributed by atoms with Gasteiger partial charge in [0.15, 0.2) is 0 Å². The lowest BCUT2D eigenvalue weighted by atomic mass is 9.92. The molecule has 9 atom stereocenters. The van der Waals surface area contributed by atoms with E-state index in [9.17, 15) is 25.2 Å². The van der Waals surface area contributed by atoms with Crippen molar-refractivity contribution in [3.05, 3.63) is 29.3 Å². The molecule has 2 heterocycles. The van der Waals surface area contributed by atoms with Gasteiger partial charge in [0.2, 0.25) is 17.8 Å². The molecule has 2 aliphatic rings. The monoisotopic (exact) mass is 659 g/mol. The number of hydrogen-bond acceptors (Lipinski definition) is 9. The molecule has 1 aromatic carbocycles. The molecule has 15 heteroatoms. The highest BCUT2D eigenvalue weighted by atomic mass is 35.5. The Bertz CT molecular complexity index is 1090. The summed E-state index contributed by atoms with van der Waals surface area (Å²) in [7, 11) is 1.91. The number of anilines is 1. The summed E-state index contributed by atoms with van der Waals surface area (Å²) in [6, 6.07) is 5.98. The van der Waals surface area contributed by atoms with Gasteiger partial charge in [0.25, 0.3) is 0 Å². The zero-order chi connectivity index (χ0) is 33.1. The fourth-order valence-electron chi connectivity index (χ4n) is 5.26. The SMILES string of the molecule is CC(C)N=C(N)N=C(N)Nc1ccc(Cl)cc1.CCC[C@@H]1C[C@@H](C(=O)N[C@@H]([C@H]2O[C@H](SC)[C@H](O)[C@@H](O)[C@H]2O)[C@@H](C)O)N(C)C1. The van der Waals surface area contributed by atoms with Gasteiger partial charge in [-0.25, -0.2) is 4.99 Å². The van der Waals surface area contributed by atoms with Crippen molar-refractivity contribution in [1.82, 2.24) is 10.2 Å². The van der Waals surface area contributed by atoms with Crippen LogP contribution in [0.15, 0.2) is 34.3 Å². The molecule has 0 saturated carbocycles. The Morgan fingerprint density at radius 2 is 1.80 bits per heavy atom. The summed E-state index contributed by atoms with van der Waals surface area (Å²) in [6.07, 6.45) is -1.50. The molecule has 0 unspecified atom stereocenters. The summed E-state index contributed by atoms with van der Waals surface area (Å²) in [5, 5.41) is 47.1. The first-order valence-corrected chi connectivity index (χ1v) is 16.5. The second-order valence-electron chi connectivity index (χ2n) is 11.5. The van der Waals surface area contributed by atoms with Crippen LogP contribution in [0.25, 0.3) is 0 Å². The molecule has 10 N–H and O–H groups in total. The third kappa shape index (κ3) is 11.3. The van der Waals surface area contributed by atoms with Crippen molar-refractivity contribution < 1.29 is 30.0 Å². The van der Waals surface area contributed by atoms with E-state index >= 15 is 0 Å². The number of likely N-dealkylation sites (N-methyl/N-ethyl adjacent to an activating group) is 1. The van der Waals surface area contributed by atoms with Gasteiger partial charge in [-0.05, 0) is 77.1 Å². The zero-order valence-electron chi connectivity index (χ0n) is 26.3. The second kappa shape index (κ2) is 18.1. The van der Waals surface area contributed by atoms with E-state index < -0.39 is 42.0 Å². The molecular formula is C29H50ClN7O6S. The maximum atomic E-state index is 12.8. The lowest BCUT2D eigenvalue weighted by Gasteiger charge is -2.44. The molecular weight excluding hydrogens is 610 g/mol. The van der Waals surface area contributed by atoms with Gasteiger partial charge in [-0.15, -0.1) is 11.8 Å². The van der Waals surface area contributed by atoms with Crippen LogP contribution in [-0.2, 0) is 9.53 Å². The van der Waals surface area contributed by atoms with Gasteiger partial charge in [-0.2, -0.15) is 4.99 Å². The third-order valence-corrected chi connectivity index (χ3v) is 8.50. The van der Waals surface area contributed by atoms with Gasteiger partial charge in [-0.1, -0.05) is 24.9 Å². The van der Waals surface area contributed by atoms with E-state index in [1.165, 1.54) is 18.7 Å². The second-order valence-corrected chi connectivity index (χ2v) is 12.9. The summed E-state index contributed by atoms with van der Waals surface area (Å²) in [5.74, 6) is 0.586. The van der Waals surface area contributed by atoms with Gasteiger partial charge in [0.1, 0.15) is 29.9 Å². The molecule has 44 heavy (non-hydrogen) atoms. The van der Waals surface area contributed by atoms with E-state index in [2.05, 4.69) is 27.5 Å². The number of nitrogens with one attached hydrogen (secondary N) is 2. The Morgan fingerprint density at radius 1 is 1.16 bits per heavy atom. The molecule has 1 amide bonds. The van der Waals surface area contributed by atoms with Gasteiger partial charge in [0.05, 0.1) is 18.2 Å². The summed E-state index contributed by atoms with van der Waals surface area (Å²) in [6.45, 7) is 8.30. The fraction of sp³-hybridized carbons (Fsp3) is 0.690. The van der Waals surface area contributed by atoms with E-state index in [-0.39, 0.29) is 29.9 Å². The van der Waals surface area contributed by atoms with Crippen molar-refractivity contribution in [2.24, 2.45) is 27.4 Å². The molecule has 3 rings (SSSR count). The van der Waals surface area contributed by atoms with E-state index in [0.29, 0.717) is 10.9 Å². The number of thioether (sulfide) groups is 1. The van der Waals surface area contributed by atoms with Crippen LogP contribution in [0.2, 0.25) is 5.02 Å². The first-order valence-electron chi connectivity index (χ1n) is 14.8. The summed E-state index contributed by atoms with van der Waals surface area (Å²) < 4.78 is 5.72. The molecule has 250 valence electrons. The minimum Gasteiger partial charge on any atom is -0.391 e. The van der Waals surface area contributed by atoms with Crippen molar-refractivity contribution in [3.8, 4) is 0 Å². The largest absolute Gasteiger partial charge is 0.391 e. The molecule has 0 radical (unpaired) electrons. The van der Waals surface area contributed by atoms with Crippen LogP contribution < -0.4 is 22.1 Å². The van der Waals surface area contributed by atoms with E-state index in [0.717, 1.165) is 31.5 Å². The molecule has 2 fully saturated rings. The maximum Gasteiger partial charge on any atom is 0.237 e. The van der Waals surface area contributed by atoms with Crippen LogP contribution in [0.1, 0.15) is 47.0 Å². The van der Waals surface area contributed by atoms with Gasteiger partial charge in [-0.3, -0.25) is 9.69 Å². The number of likely N-dealkylation sites (tertiary alicyclic amines) is 1. The highest BCUT2D eigenvalue weighted by Crippen LogP contribution is 2.30. The first kappa shape index (κ1) is 38.0. The molecule has 0 spiro atoms. The molecule has 0 bridgehead atoms. The number of carbonyl (C=O) groups is 1. The van der Waals surface area contributed by atoms with Crippen LogP contribution in [0, 0.1) is 5.92 Å². The zero-order valence-corrected chi connectivity index (χ0v) is 27.9. The standard InChI is InChI=1S/C18H34N2O6S.C11H16ClN5/c1-5-6-10-7-11(20(3)8-10)17(25)19-12(9(2)21)16-14(23)13(22)15(24)18(26-16)27-4;1-7(2)15-10(13)17-11(14)16-9-5-3-8(12)4-6-9/h9-16,18,21-24H,5-8H2,1-4H3,(H,19,25);3-7H,1-2H3,(H5,13,14,15,16,17)/t9-,10-,11+,12-,13+,14-,15-,16-,18-;/m1./s1. The third-order valence-electron chi connectivity index (χ3n) is 7.40. The maximum absolute atomic E-state index is 12.8. The molecule has 0 aromatic heterocycles. The Balaban J connectivity index is 0.000000342. The average molecular weight is 660 g/mol. The van der Waals surface area contributed by atoms with E-state index in [4.69, 9.17) is 27.8 Å². The van der Waals surface area contributed by atoms with Crippen LogP contribution in [0.3, 0.4) is 0 Å². The number of ether oxygens (including phenoxy) is 1. The predicted molar refractivity (Wildman–Crippen MR) is 177 cm³/mol. The number of aliphatic hydroxyl groups is 4. The number of aliphatic imine (C=N–C) groups is 2. The van der Waals surface area contributed by atoms with Gasteiger partial charge in [0, 0.05) is 23.3 Å². The minimum absolute atomic E-state index is 0.0853. The van der Waals surface area contributed by atoms with Crippen LogP contribution in [0.5, 0.6) is 0 Å². The number of hydrogen-bond donors (Lipinski definition) is 8. The van der Waals surface area contributed by atoms with Crippen molar-refractivity contribution in [1.29, 1.82) is 0 Å². The van der Waals surface area contributed by atoms with Gasteiger partial charge < -0.3 is 47.3 Å². The number of guanidine groups is 2.